The second kappa shape index (κ2) is 7.82. The fourth-order valence-corrected chi connectivity index (χ4v) is 3.74. The molecule has 29 heavy (non-hydrogen) atoms. The average molecular weight is 424 g/mol. The zero-order valence-corrected chi connectivity index (χ0v) is 17.0. The molecule has 1 aromatic carbocycles. The van der Waals surface area contributed by atoms with E-state index in [0.717, 1.165) is 28.3 Å². The quantitative estimate of drug-likeness (QED) is 0.549. The van der Waals surface area contributed by atoms with Gasteiger partial charge in [0.15, 0.2) is 0 Å². The molecule has 0 saturated heterocycles. The minimum atomic E-state index is -4.61. The Bertz CT molecular complexity index is 939. The molecular formula is C22H21ClF3NO2. The average Bonchev–Trinajstić information content (AvgIpc) is 3.20. The van der Waals surface area contributed by atoms with Crippen molar-refractivity contribution in [1.82, 2.24) is 4.98 Å². The molecule has 2 aromatic rings. The Balaban J connectivity index is 1.70. The fraction of sp³-hybridized carbons (Fsp3) is 0.364. The van der Waals surface area contributed by atoms with Gasteiger partial charge in [0.2, 0.25) is 0 Å². The Kier molecular flexibility index (Phi) is 5.77. The molecule has 2 unspecified atom stereocenters. The van der Waals surface area contributed by atoms with Gasteiger partial charge >= 0.3 is 12.1 Å². The van der Waals surface area contributed by atoms with Gasteiger partial charge in [-0.25, -0.2) is 0 Å². The van der Waals surface area contributed by atoms with Crippen molar-refractivity contribution >= 4 is 17.6 Å². The lowest BCUT2D eigenvalue weighted by atomic mass is 9.98. The van der Waals surface area contributed by atoms with Crippen LogP contribution in [-0.4, -0.2) is 17.1 Å². The Labute approximate surface area is 172 Å². The van der Waals surface area contributed by atoms with Crippen molar-refractivity contribution in [2.24, 2.45) is 17.3 Å². The normalized spacial score (nSPS) is 21.0. The summed E-state index contributed by atoms with van der Waals surface area (Å²) in [6.45, 7) is 5.44. The number of pyridine rings is 1. The van der Waals surface area contributed by atoms with Crippen LogP contribution in [0.3, 0.4) is 0 Å². The van der Waals surface area contributed by atoms with E-state index in [1.165, 1.54) is 0 Å². The largest absolute Gasteiger partial charge is 0.461 e. The third kappa shape index (κ3) is 4.47. The van der Waals surface area contributed by atoms with Gasteiger partial charge in [0.25, 0.3) is 0 Å². The van der Waals surface area contributed by atoms with Crippen molar-refractivity contribution in [1.29, 1.82) is 0 Å². The lowest BCUT2D eigenvalue weighted by Gasteiger charge is -2.12. The van der Waals surface area contributed by atoms with Gasteiger partial charge in [-0.2, -0.15) is 13.2 Å². The molecule has 0 amide bonds. The maximum Gasteiger partial charge on any atom is 0.426 e. The fourth-order valence-electron chi connectivity index (χ4n) is 3.60. The lowest BCUT2D eigenvalue weighted by molar-refractivity contribution is -0.147. The Morgan fingerprint density at radius 1 is 1.28 bits per heavy atom. The highest BCUT2D eigenvalue weighted by atomic mass is 35.5. The number of esters is 1. The Morgan fingerprint density at radius 3 is 2.62 bits per heavy atom. The number of rotatable bonds is 5. The lowest BCUT2D eigenvalue weighted by Crippen LogP contribution is -2.11. The molecule has 1 aliphatic carbocycles. The maximum absolute atomic E-state index is 12.7. The van der Waals surface area contributed by atoms with Crippen molar-refractivity contribution in [3.8, 4) is 11.1 Å². The molecule has 0 N–H and O–H groups in total. The van der Waals surface area contributed by atoms with Crippen molar-refractivity contribution in [2.45, 2.75) is 33.6 Å². The van der Waals surface area contributed by atoms with E-state index in [1.54, 1.807) is 26.2 Å². The molecule has 0 bridgehead atoms. The molecule has 0 spiro atoms. The predicted octanol–water partition coefficient (Wildman–Crippen LogP) is 6.06. The van der Waals surface area contributed by atoms with Gasteiger partial charge in [0.1, 0.15) is 11.6 Å². The molecule has 2 atom stereocenters. The molecule has 0 aliphatic heterocycles. The van der Waals surface area contributed by atoms with E-state index in [0.29, 0.717) is 0 Å². The van der Waals surface area contributed by atoms with Crippen LogP contribution in [0.25, 0.3) is 11.1 Å². The van der Waals surface area contributed by atoms with E-state index in [2.05, 4.69) is 4.98 Å². The summed E-state index contributed by atoms with van der Waals surface area (Å²) in [6, 6.07) is 9.48. The van der Waals surface area contributed by atoms with Crippen LogP contribution in [0.1, 0.15) is 25.0 Å². The van der Waals surface area contributed by atoms with Crippen LogP contribution >= 0.6 is 11.6 Å². The van der Waals surface area contributed by atoms with Gasteiger partial charge < -0.3 is 4.74 Å². The smallest absolute Gasteiger partial charge is 0.426 e. The molecule has 1 saturated carbocycles. The van der Waals surface area contributed by atoms with Crippen molar-refractivity contribution < 1.29 is 22.7 Å². The van der Waals surface area contributed by atoms with Crippen LogP contribution in [0.2, 0.25) is 0 Å². The number of benzene rings is 1. The SMILES string of the molecule is Cc1c(COC(=O)C2C(C=C(Cl)C(F)(F)F)C2(C)C)cccc1-c1cccnc1. The number of nitrogens with zero attached hydrogens (tertiary/aromatic N) is 1. The molecule has 3 nitrogen and oxygen atoms in total. The van der Waals surface area contributed by atoms with E-state index < -0.39 is 34.4 Å². The summed E-state index contributed by atoms with van der Waals surface area (Å²) in [5.74, 6) is -1.78. The number of hydrogen-bond donors (Lipinski definition) is 0. The highest BCUT2D eigenvalue weighted by Crippen LogP contribution is 2.60. The van der Waals surface area contributed by atoms with Crippen LogP contribution < -0.4 is 0 Å². The van der Waals surface area contributed by atoms with E-state index in [-0.39, 0.29) is 6.61 Å². The van der Waals surface area contributed by atoms with Gasteiger partial charge in [-0.05, 0) is 41.0 Å². The first kappa shape index (κ1) is 21.4. The van der Waals surface area contributed by atoms with E-state index in [9.17, 15) is 18.0 Å². The summed E-state index contributed by atoms with van der Waals surface area (Å²) in [4.78, 5) is 16.6. The molecule has 3 rings (SSSR count). The molecule has 0 radical (unpaired) electrons. The first-order chi connectivity index (χ1) is 13.5. The summed E-state index contributed by atoms with van der Waals surface area (Å²) in [6.07, 6.45) is -0.246. The third-order valence-corrected chi connectivity index (χ3v) is 5.89. The molecule has 7 heteroatoms. The van der Waals surface area contributed by atoms with Gasteiger partial charge in [-0.3, -0.25) is 9.78 Å². The van der Waals surface area contributed by atoms with Crippen molar-refractivity contribution in [2.75, 3.05) is 0 Å². The van der Waals surface area contributed by atoms with E-state index in [4.69, 9.17) is 16.3 Å². The van der Waals surface area contributed by atoms with Crippen molar-refractivity contribution in [3.05, 3.63) is 65.0 Å². The van der Waals surface area contributed by atoms with Crippen molar-refractivity contribution in [3.63, 3.8) is 0 Å². The minimum Gasteiger partial charge on any atom is -0.461 e. The monoisotopic (exact) mass is 423 g/mol. The number of halogens is 4. The van der Waals surface area contributed by atoms with Crippen LogP contribution in [0.5, 0.6) is 0 Å². The number of ether oxygens (including phenoxy) is 1. The van der Waals surface area contributed by atoms with E-state index in [1.807, 2.05) is 37.3 Å². The maximum atomic E-state index is 12.7. The van der Waals surface area contributed by atoms with Gasteiger partial charge in [-0.15, -0.1) is 0 Å². The first-order valence-corrected chi connectivity index (χ1v) is 9.51. The third-order valence-electron chi connectivity index (χ3n) is 5.55. The van der Waals surface area contributed by atoms with Gasteiger partial charge in [0.05, 0.1) is 5.92 Å². The highest BCUT2D eigenvalue weighted by Gasteiger charge is 2.62. The second-order valence-electron chi connectivity index (χ2n) is 7.78. The zero-order chi connectivity index (χ0) is 21.4. The van der Waals surface area contributed by atoms with Gasteiger partial charge in [0, 0.05) is 18.0 Å². The standard InChI is InChI=1S/C22H21ClF3NO2/c1-13-15(6-4-8-16(13)14-7-5-9-27-11-14)12-29-20(28)19-17(21(19,2)3)10-18(23)22(24,25)26/h4-11,17,19H,12H2,1-3H3. The number of carbonyl (C=O) groups excluding carboxylic acids is 1. The van der Waals surface area contributed by atoms with Crippen LogP contribution in [-0.2, 0) is 16.1 Å². The molecular weight excluding hydrogens is 403 g/mol. The van der Waals surface area contributed by atoms with Crippen LogP contribution in [0.4, 0.5) is 13.2 Å². The Hall–Kier alpha value is -2.34. The summed E-state index contributed by atoms with van der Waals surface area (Å²) in [5, 5.41) is -1.20. The number of hydrogen-bond acceptors (Lipinski definition) is 3. The summed E-state index contributed by atoms with van der Waals surface area (Å²) in [7, 11) is 0. The number of carbonyl (C=O) groups is 1. The van der Waals surface area contributed by atoms with Crippen LogP contribution in [0.15, 0.2) is 53.8 Å². The van der Waals surface area contributed by atoms with Gasteiger partial charge in [-0.1, -0.05) is 55.8 Å². The first-order valence-electron chi connectivity index (χ1n) is 9.13. The topological polar surface area (TPSA) is 39.2 Å². The highest BCUT2D eigenvalue weighted by molar-refractivity contribution is 6.30. The number of alkyl halides is 3. The summed E-state index contributed by atoms with van der Waals surface area (Å²) < 4.78 is 43.5. The number of aromatic nitrogens is 1. The molecule has 1 fully saturated rings. The molecule has 1 aliphatic rings. The van der Waals surface area contributed by atoms with E-state index >= 15 is 0 Å². The molecule has 1 aromatic heterocycles. The predicted molar refractivity (Wildman–Crippen MR) is 105 cm³/mol. The second-order valence-corrected chi connectivity index (χ2v) is 8.18. The zero-order valence-electron chi connectivity index (χ0n) is 16.3. The summed E-state index contributed by atoms with van der Waals surface area (Å²) in [5.41, 5.74) is 3.10. The molecule has 1 heterocycles. The van der Waals surface area contributed by atoms with Crippen LogP contribution in [0, 0.1) is 24.2 Å². The summed E-state index contributed by atoms with van der Waals surface area (Å²) >= 11 is 5.34. The number of allylic oxidation sites excluding steroid dienone is 2. The Morgan fingerprint density at radius 2 is 2.00 bits per heavy atom. The molecule has 154 valence electrons. The minimum absolute atomic E-state index is 0.0504.